The fourth-order valence-electron chi connectivity index (χ4n) is 2.97. The molecule has 0 saturated carbocycles. The van der Waals surface area contributed by atoms with Gasteiger partial charge in [0.2, 0.25) is 10.0 Å². The van der Waals surface area contributed by atoms with Gasteiger partial charge in [-0.2, -0.15) is 4.31 Å². The topological polar surface area (TPSA) is 75.7 Å². The van der Waals surface area contributed by atoms with Crippen LogP contribution in [0.1, 0.15) is 35.1 Å². The molecule has 27 heavy (non-hydrogen) atoms. The number of nitrogens with zero attached hydrogens (tertiary/aromatic N) is 1. The lowest BCUT2D eigenvalue weighted by Gasteiger charge is -2.26. The van der Waals surface area contributed by atoms with E-state index < -0.39 is 10.0 Å². The first kappa shape index (κ1) is 20.0. The van der Waals surface area contributed by atoms with Crippen molar-refractivity contribution in [2.75, 3.05) is 26.3 Å². The molecule has 3 rings (SSSR count). The van der Waals surface area contributed by atoms with Crippen molar-refractivity contribution in [3.05, 3.63) is 52.2 Å². The Bertz CT molecular complexity index is 856. The molecule has 146 valence electrons. The van der Waals surface area contributed by atoms with Gasteiger partial charge in [-0.3, -0.25) is 4.79 Å². The van der Waals surface area contributed by atoms with Crippen LogP contribution in [0.5, 0.6) is 0 Å². The summed E-state index contributed by atoms with van der Waals surface area (Å²) in [5.74, 6) is 0.0333. The number of carbonyl (C=O) groups is 1. The fourth-order valence-corrected chi connectivity index (χ4v) is 5.33. The lowest BCUT2D eigenvalue weighted by molar-refractivity contribution is 0.0730. The van der Waals surface area contributed by atoms with Crippen LogP contribution in [0.4, 0.5) is 0 Å². The molecule has 2 heterocycles. The van der Waals surface area contributed by atoms with Gasteiger partial charge in [0, 0.05) is 23.5 Å². The average molecular weight is 409 g/mol. The standard InChI is InChI=1S/C19H24N2O4S2/c1-14(2)18(17-4-3-13-26-17)20-19(22)15-5-7-16(8-6-15)27(23,24)21-9-11-25-12-10-21/h3-8,13-14,18H,9-12H2,1-2H3,(H,20,22)/t18-/m0/s1. The van der Waals surface area contributed by atoms with Gasteiger partial charge in [0.05, 0.1) is 24.2 Å². The predicted molar refractivity (Wildman–Crippen MR) is 105 cm³/mol. The van der Waals surface area contributed by atoms with Crippen molar-refractivity contribution in [1.29, 1.82) is 0 Å². The van der Waals surface area contributed by atoms with Crippen LogP contribution in [0, 0.1) is 5.92 Å². The molecule has 6 nitrogen and oxygen atoms in total. The minimum atomic E-state index is -3.55. The van der Waals surface area contributed by atoms with Gasteiger partial charge in [-0.1, -0.05) is 19.9 Å². The molecular formula is C19H24N2O4S2. The van der Waals surface area contributed by atoms with Crippen molar-refractivity contribution in [3.63, 3.8) is 0 Å². The molecule has 1 amide bonds. The zero-order chi connectivity index (χ0) is 19.4. The maximum absolute atomic E-state index is 12.7. The Morgan fingerprint density at radius 1 is 1.15 bits per heavy atom. The predicted octanol–water partition coefficient (Wildman–Crippen LogP) is 2.90. The summed E-state index contributed by atoms with van der Waals surface area (Å²) in [6.45, 7) is 5.62. The smallest absolute Gasteiger partial charge is 0.251 e. The molecule has 0 bridgehead atoms. The maximum atomic E-state index is 12.7. The molecule has 1 aromatic carbocycles. The number of morpholine rings is 1. The number of hydrogen-bond donors (Lipinski definition) is 1. The highest BCUT2D eigenvalue weighted by Gasteiger charge is 2.26. The molecule has 1 atom stereocenters. The second kappa shape index (κ2) is 8.52. The third-order valence-electron chi connectivity index (χ3n) is 4.53. The number of nitrogens with one attached hydrogen (secondary N) is 1. The molecule has 1 aromatic heterocycles. The molecule has 1 N–H and O–H groups in total. The van der Waals surface area contributed by atoms with Crippen LogP contribution in [-0.4, -0.2) is 44.9 Å². The van der Waals surface area contributed by atoms with E-state index in [-0.39, 0.29) is 22.8 Å². The third kappa shape index (κ3) is 4.57. The van der Waals surface area contributed by atoms with Crippen LogP contribution < -0.4 is 5.32 Å². The number of ether oxygens (including phenoxy) is 1. The van der Waals surface area contributed by atoms with Gasteiger partial charge >= 0.3 is 0 Å². The summed E-state index contributed by atoms with van der Waals surface area (Å²) in [6, 6.07) is 10.0. The third-order valence-corrected chi connectivity index (χ3v) is 7.40. The van der Waals surface area contributed by atoms with E-state index in [0.717, 1.165) is 4.88 Å². The van der Waals surface area contributed by atoms with E-state index in [9.17, 15) is 13.2 Å². The van der Waals surface area contributed by atoms with Crippen LogP contribution in [-0.2, 0) is 14.8 Å². The first-order valence-corrected chi connectivity index (χ1v) is 11.2. The lowest BCUT2D eigenvalue weighted by atomic mass is 10.0. The van der Waals surface area contributed by atoms with E-state index in [1.54, 1.807) is 23.5 Å². The Labute approximate surface area is 164 Å². The summed E-state index contributed by atoms with van der Waals surface area (Å²) in [6.07, 6.45) is 0. The number of amides is 1. The normalized spacial score (nSPS) is 17.0. The number of rotatable bonds is 6. The van der Waals surface area contributed by atoms with Crippen molar-refractivity contribution >= 4 is 27.3 Å². The Balaban J connectivity index is 1.73. The van der Waals surface area contributed by atoms with Gasteiger partial charge in [0.1, 0.15) is 0 Å². The van der Waals surface area contributed by atoms with Crippen LogP contribution in [0.2, 0.25) is 0 Å². The summed E-state index contributed by atoms with van der Waals surface area (Å²) >= 11 is 1.61. The lowest BCUT2D eigenvalue weighted by Crippen LogP contribution is -2.40. The van der Waals surface area contributed by atoms with E-state index in [1.807, 2.05) is 17.5 Å². The first-order valence-electron chi connectivity index (χ1n) is 8.92. The molecular weight excluding hydrogens is 384 g/mol. The number of benzene rings is 1. The summed E-state index contributed by atoms with van der Waals surface area (Å²) in [4.78, 5) is 13.9. The molecule has 1 aliphatic heterocycles. The fraction of sp³-hybridized carbons (Fsp3) is 0.421. The van der Waals surface area contributed by atoms with E-state index in [0.29, 0.717) is 31.9 Å². The number of hydrogen-bond acceptors (Lipinski definition) is 5. The number of thiophene rings is 1. The van der Waals surface area contributed by atoms with Crippen molar-refractivity contribution in [2.45, 2.75) is 24.8 Å². The zero-order valence-electron chi connectivity index (χ0n) is 15.4. The van der Waals surface area contributed by atoms with Gasteiger partial charge in [-0.25, -0.2) is 8.42 Å². The Kier molecular flexibility index (Phi) is 6.31. The van der Waals surface area contributed by atoms with Gasteiger partial charge < -0.3 is 10.1 Å². The Hall–Kier alpha value is -1.74. The van der Waals surface area contributed by atoms with E-state index in [4.69, 9.17) is 4.74 Å². The van der Waals surface area contributed by atoms with Crippen LogP contribution in [0.25, 0.3) is 0 Å². The zero-order valence-corrected chi connectivity index (χ0v) is 17.1. The monoisotopic (exact) mass is 408 g/mol. The van der Waals surface area contributed by atoms with Gasteiger partial charge in [-0.05, 0) is 41.6 Å². The summed E-state index contributed by atoms with van der Waals surface area (Å²) in [5.41, 5.74) is 0.443. The van der Waals surface area contributed by atoms with Crippen molar-refractivity contribution < 1.29 is 17.9 Å². The first-order chi connectivity index (χ1) is 12.9. The molecule has 1 saturated heterocycles. The van der Waals surface area contributed by atoms with Crippen molar-refractivity contribution in [3.8, 4) is 0 Å². The molecule has 0 unspecified atom stereocenters. The molecule has 8 heteroatoms. The SMILES string of the molecule is CC(C)[C@H](NC(=O)c1ccc(S(=O)(=O)N2CCOCC2)cc1)c1cccs1. The van der Waals surface area contributed by atoms with E-state index >= 15 is 0 Å². The van der Waals surface area contributed by atoms with E-state index in [1.165, 1.54) is 16.4 Å². The van der Waals surface area contributed by atoms with E-state index in [2.05, 4.69) is 19.2 Å². The van der Waals surface area contributed by atoms with Crippen molar-refractivity contribution in [2.24, 2.45) is 5.92 Å². The number of sulfonamides is 1. The summed E-state index contributed by atoms with van der Waals surface area (Å²) in [5, 5.41) is 5.04. The molecule has 1 aliphatic rings. The highest BCUT2D eigenvalue weighted by atomic mass is 32.2. The Morgan fingerprint density at radius 2 is 1.81 bits per heavy atom. The average Bonchev–Trinajstić information content (AvgIpc) is 3.21. The Morgan fingerprint density at radius 3 is 2.37 bits per heavy atom. The van der Waals surface area contributed by atoms with Crippen molar-refractivity contribution in [1.82, 2.24) is 9.62 Å². The largest absolute Gasteiger partial charge is 0.379 e. The van der Waals surface area contributed by atoms with Gasteiger partial charge in [-0.15, -0.1) is 11.3 Å². The van der Waals surface area contributed by atoms with Crippen LogP contribution in [0.15, 0.2) is 46.7 Å². The molecule has 1 fully saturated rings. The minimum absolute atomic E-state index is 0.0748. The summed E-state index contributed by atoms with van der Waals surface area (Å²) < 4.78 is 31.9. The second-order valence-electron chi connectivity index (χ2n) is 6.75. The molecule has 0 spiro atoms. The highest BCUT2D eigenvalue weighted by Crippen LogP contribution is 2.26. The van der Waals surface area contributed by atoms with Gasteiger partial charge in [0.25, 0.3) is 5.91 Å². The maximum Gasteiger partial charge on any atom is 0.251 e. The quantitative estimate of drug-likeness (QED) is 0.797. The summed E-state index contributed by atoms with van der Waals surface area (Å²) in [7, 11) is -3.55. The molecule has 2 aromatic rings. The molecule has 0 radical (unpaired) electrons. The second-order valence-corrected chi connectivity index (χ2v) is 9.67. The van der Waals surface area contributed by atoms with Crippen LogP contribution in [0.3, 0.4) is 0 Å². The highest BCUT2D eigenvalue weighted by molar-refractivity contribution is 7.89. The van der Waals surface area contributed by atoms with Gasteiger partial charge in [0.15, 0.2) is 0 Å². The molecule has 0 aliphatic carbocycles. The minimum Gasteiger partial charge on any atom is -0.379 e. The van der Waals surface area contributed by atoms with Crippen LogP contribution >= 0.6 is 11.3 Å². The number of carbonyl (C=O) groups excluding carboxylic acids is 1.